The highest BCUT2D eigenvalue weighted by atomic mass is 19.1. The summed E-state index contributed by atoms with van der Waals surface area (Å²) in [6, 6.07) is 4.44. The summed E-state index contributed by atoms with van der Waals surface area (Å²) in [4.78, 5) is 0. The Morgan fingerprint density at radius 3 is 2.80 bits per heavy atom. The van der Waals surface area contributed by atoms with Crippen LogP contribution < -0.4 is 10.5 Å². The average molecular weight is 213 g/mol. The second-order valence-corrected chi connectivity index (χ2v) is 3.37. The molecule has 0 spiro atoms. The van der Waals surface area contributed by atoms with Crippen molar-refractivity contribution < 1.29 is 14.2 Å². The first-order chi connectivity index (χ1) is 7.19. The number of methoxy groups -OCH3 is 1. The second-order valence-electron chi connectivity index (χ2n) is 3.37. The molecule has 0 bridgehead atoms. The molecular weight excluding hydrogens is 197 g/mol. The Morgan fingerprint density at radius 2 is 2.27 bits per heavy atom. The minimum absolute atomic E-state index is 0.104. The number of halogens is 1. The quantitative estimate of drug-likeness (QED) is 0.781. The van der Waals surface area contributed by atoms with E-state index in [0.717, 1.165) is 5.56 Å². The minimum Gasteiger partial charge on any atom is -0.494 e. The van der Waals surface area contributed by atoms with Crippen LogP contribution in [-0.4, -0.2) is 18.8 Å². The van der Waals surface area contributed by atoms with Crippen molar-refractivity contribution in [3.8, 4) is 5.75 Å². The molecule has 1 aromatic rings. The fourth-order valence-electron chi connectivity index (χ4n) is 1.39. The van der Waals surface area contributed by atoms with Crippen LogP contribution in [-0.2, 0) is 0 Å². The van der Waals surface area contributed by atoms with Crippen molar-refractivity contribution in [1.29, 1.82) is 0 Å². The van der Waals surface area contributed by atoms with Gasteiger partial charge in [0.2, 0.25) is 0 Å². The van der Waals surface area contributed by atoms with Gasteiger partial charge in [-0.3, -0.25) is 0 Å². The lowest BCUT2D eigenvalue weighted by Crippen LogP contribution is -2.11. The van der Waals surface area contributed by atoms with Crippen LogP contribution in [0.4, 0.5) is 4.39 Å². The Labute approximate surface area is 88.7 Å². The van der Waals surface area contributed by atoms with Crippen molar-refractivity contribution in [2.45, 2.75) is 18.9 Å². The third-order valence-corrected chi connectivity index (χ3v) is 2.28. The summed E-state index contributed by atoms with van der Waals surface area (Å²) in [5.41, 5.74) is 6.55. The molecule has 0 radical (unpaired) electrons. The number of benzene rings is 1. The van der Waals surface area contributed by atoms with Gasteiger partial charge in [-0.2, -0.15) is 0 Å². The van der Waals surface area contributed by atoms with Gasteiger partial charge in [-0.1, -0.05) is 6.07 Å². The van der Waals surface area contributed by atoms with Crippen LogP contribution >= 0.6 is 0 Å². The summed E-state index contributed by atoms with van der Waals surface area (Å²) >= 11 is 0. The van der Waals surface area contributed by atoms with E-state index >= 15 is 0 Å². The molecule has 3 N–H and O–H groups in total. The molecule has 0 aromatic heterocycles. The lowest BCUT2D eigenvalue weighted by Gasteiger charge is -2.12. The fraction of sp³-hybridized carbons (Fsp3) is 0.455. The van der Waals surface area contributed by atoms with Crippen molar-refractivity contribution in [2.75, 3.05) is 13.7 Å². The molecule has 0 aliphatic carbocycles. The van der Waals surface area contributed by atoms with Gasteiger partial charge in [0, 0.05) is 12.6 Å². The zero-order valence-corrected chi connectivity index (χ0v) is 8.74. The zero-order chi connectivity index (χ0) is 11.3. The summed E-state index contributed by atoms with van der Waals surface area (Å²) in [6.45, 7) is 0.104. The van der Waals surface area contributed by atoms with Crippen LogP contribution in [0.25, 0.3) is 0 Å². The number of aliphatic hydroxyl groups is 1. The molecule has 0 amide bonds. The van der Waals surface area contributed by atoms with Crippen LogP contribution in [0.1, 0.15) is 24.4 Å². The van der Waals surface area contributed by atoms with Crippen molar-refractivity contribution >= 4 is 0 Å². The number of rotatable bonds is 5. The highest BCUT2D eigenvalue weighted by Crippen LogP contribution is 2.22. The van der Waals surface area contributed by atoms with E-state index in [0.29, 0.717) is 12.8 Å². The van der Waals surface area contributed by atoms with Crippen molar-refractivity contribution in [3.63, 3.8) is 0 Å². The predicted molar refractivity (Wildman–Crippen MR) is 56.2 cm³/mol. The van der Waals surface area contributed by atoms with E-state index < -0.39 is 5.82 Å². The number of aliphatic hydroxyl groups excluding tert-OH is 1. The Balaban J connectivity index is 2.73. The van der Waals surface area contributed by atoms with E-state index in [9.17, 15) is 4.39 Å². The Bertz CT molecular complexity index is 317. The molecule has 15 heavy (non-hydrogen) atoms. The van der Waals surface area contributed by atoms with Crippen molar-refractivity contribution in [1.82, 2.24) is 0 Å². The van der Waals surface area contributed by atoms with Crippen LogP contribution in [0.3, 0.4) is 0 Å². The Hall–Kier alpha value is -1.13. The van der Waals surface area contributed by atoms with E-state index in [1.165, 1.54) is 13.2 Å². The maximum Gasteiger partial charge on any atom is 0.165 e. The summed E-state index contributed by atoms with van der Waals surface area (Å²) in [6.07, 6.45) is 1.26. The minimum atomic E-state index is -0.408. The molecule has 0 heterocycles. The van der Waals surface area contributed by atoms with Gasteiger partial charge in [-0.15, -0.1) is 0 Å². The molecule has 1 aromatic carbocycles. The third kappa shape index (κ3) is 3.18. The largest absolute Gasteiger partial charge is 0.494 e. The normalized spacial score (nSPS) is 12.5. The van der Waals surface area contributed by atoms with Gasteiger partial charge in [0.15, 0.2) is 11.6 Å². The second kappa shape index (κ2) is 5.68. The first-order valence-electron chi connectivity index (χ1n) is 4.89. The first kappa shape index (κ1) is 11.9. The highest BCUT2D eigenvalue weighted by molar-refractivity contribution is 5.30. The molecule has 1 unspecified atom stereocenters. The van der Waals surface area contributed by atoms with E-state index in [1.54, 1.807) is 12.1 Å². The lowest BCUT2D eigenvalue weighted by molar-refractivity contribution is 0.280. The molecule has 0 saturated carbocycles. The molecule has 0 aliphatic rings. The molecule has 84 valence electrons. The van der Waals surface area contributed by atoms with Gasteiger partial charge in [-0.25, -0.2) is 4.39 Å². The summed E-state index contributed by atoms with van der Waals surface area (Å²) in [5.74, 6) is -0.192. The van der Waals surface area contributed by atoms with Gasteiger partial charge >= 0.3 is 0 Å². The van der Waals surface area contributed by atoms with Crippen molar-refractivity contribution in [2.24, 2.45) is 5.73 Å². The molecule has 1 atom stereocenters. The van der Waals surface area contributed by atoms with Gasteiger partial charge in [0.05, 0.1) is 7.11 Å². The van der Waals surface area contributed by atoms with Crippen LogP contribution in [0, 0.1) is 5.82 Å². The summed E-state index contributed by atoms with van der Waals surface area (Å²) in [5, 5.41) is 8.65. The Kier molecular flexibility index (Phi) is 4.52. The SMILES string of the molecule is COc1ccc(C(N)CCCO)cc1F. The zero-order valence-electron chi connectivity index (χ0n) is 8.74. The van der Waals surface area contributed by atoms with Crippen LogP contribution in [0.15, 0.2) is 18.2 Å². The topological polar surface area (TPSA) is 55.5 Å². The van der Waals surface area contributed by atoms with E-state index in [4.69, 9.17) is 15.6 Å². The number of hydrogen-bond acceptors (Lipinski definition) is 3. The first-order valence-corrected chi connectivity index (χ1v) is 4.89. The maximum absolute atomic E-state index is 13.3. The number of nitrogens with two attached hydrogens (primary N) is 1. The number of ether oxygens (including phenoxy) is 1. The molecular formula is C11H16FNO2. The average Bonchev–Trinajstić information content (AvgIpc) is 2.25. The van der Waals surface area contributed by atoms with Gasteiger partial charge < -0.3 is 15.6 Å². The van der Waals surface area contributed by atoms with Gasteiger partial charge in [0.1, 0.15) is 0 Å². The maximum atomic E-state index is 13.3. The number of hydrogen-bond donors (Lipinski definition) is 2. The summed E-state index contributed by atoms with van der Waals surface area (Å²) in [7, 11) is 1.42. The molecule has 4 heteroatoms. The predicted octanol–water partition coefficient (Wildman–Crippen LogP) is 1.61. The molecule has 0 aliphatic heterocycles. The molecule has 3 nitrogen and oxygen atoms in total. The fourth-order valence-corrected chi connectivity index (χ4v) is 1.39. The Morgan fingerprint density at radius 1 is 1.53 bits per heavy atom. The van der Waals surface area contributed by atoms with Gasteiger partial charge in [-0.05, 0) is 30.5 Å². The van der Waals surface area contributed by atoms with E-state index in [1.807, 2.05) is 0 Å². The van der Waals surface area contributed by atoms with Crippen LogP contribution in [0.2, 0.25) is 0 Å². The third-order valence-electron chi connectivity index (χ3n) is 2.28. The standard InChI is InChI=1S/C11H16FNO2/c1-15-11-5-4-8(7-9(11)12)10(13)3-2-6-14/h4-5,7,10,14H,2-3,6,13H2,1H3. The smallest absolute Gasteiger partial charge is 0.165 e. The molecule has 0 saturated heterocycles. The highest BCUT2D eigenvalue weighted by Gasteiger charge is 2.09. The van der Waals surface area contributed by atoms with Gasteiger partial charge in [0.25, 0.3) is 0 Å². The van der Waals surface area contributed by atoms with Crippen LogP contribution in [0.5, 0.6) is 5.75 Å². The van der Waals surface area contributed by atoms with E-state index in [2.05, 4.69) is 0 Å². The summed E-state index contributed by atoms with van der Waals surface area (Å²) < 4.78 is 18.1. The molecule has 0 fully saturated rings. The lowest BCUT2D eigenvalue weighted by atomic mass is 10.0. The molecule has 1 rings (SSSR count). The van der Waals surface area contributed by atoms with Crippen molar-refractivity contribution in [3.05, 3.63) is 29.6 Å². The monoisotopic (exact) mass is 213 g/mol. The van der Waals surface area contributed by atoms with E-state index in [-0.39, 0.29) is 18.4 Å².